The second-order valence-corrected chi connectivity index (χ2v) is 4.18. The summed E-state index contributed by atoms with van der Waals surface area (Å²) in [5, 5.41) is 12.5. The highest BCUT2D eigenvalue weighted by molar-refractivity contribution is 5.72. The van der Waals surface area contributed by atoms with Gasteiger partial charge in [-0.05, 0) is 29.8 Å². The lowest BCUT2D eigenvalue weighted by molar-refractivity contribution is -0.0501. The Labute approximate surface area is 117 Å². The first-order valence-electron chi connectivity index (χ1n) is 6.19. The molecule has 0 bridgehead atoms. The standard InChI is InChI=1S/C15H16N2O3/c1-16-15(18)17(19)11-12-6-5-9-14(10-12)20-13-7-3-2-4-8-13/h2-10,19H,11H2,1H3,(H,16,18). The summed E-state index contributed by atoms with van der Waals surface area (Å²) >= 11 is 0. The van der Waals surface area contributed by atoms with Crippen LogP contribution in [0.1, 0.15) is 5.56 Å². The molecule has 104 valence electrons. The minimum Gasteiger partial charge on any atom is -0.457 e. The van der Waals surface area contributed by atoms with Gasteiger partial charge in [0.15, 0.2) is 0 Å². The lowest BCUT2D eigenvalue weighted by Crippen LogP contribution is -2.34. The Morgan fingerprint density at radius 1 is 1.15 bits per heavy atom. The Balaban J connectivity index is 2.06. The van der Waals surface area contributed by atoms with Crippen LogP contribution in [0.5, 0.6) is 11.5 Å². The molecule has 2 amide bonds. The van der Waals surface area contributed by atoms with Crippen molar-refractivity contribution in [2.24, 2.45) is 0 Å². The average Bonchev–Trinajstić information content (AvgIpc) is 2.47. The van der Waals surface area contributed by atoms with Crippen LogP contribution in [0, 0.1) is 0 Å². The van der Waals surface area contributed by atoms with Crippen molar-refractivity contribution in [2.45, 2.75) is 6.54 Å². The van der Waals surface area contributed by atoms with Gasteiger partial charge in [0.1, 0.15) is 11.5 Å². The summed E-state index contributed by atoms with van der Waals surface area (Å²) in [6.45, 7) is 0.0890. The first kappa shape index (κ1) is 13.9. The first-order valence-corrected chi connectivity index (χ1v) is 6.19. The molecule has 5 heteroatoms. The number of rotatable bonds is 4. The van der Waals surface area contributed by atoms with E-state index in [1.54, 1.807) is 6.07 Å². The van der Waals surface area contributed by atoms with Crippen LogP contribution in [-0.2, 0) is 6.54 Å². The molecule has 0 aliphatic rings. The van der Waals surface area contributed by atoms with E-state index in [2.05, 4.69) is 5.32 Å². The van der Waals surface area contributed by atoms with Crippen LogP contribution in [0.15, 0.2) is 54.6 Å². The molecule has 0 heterocycles. The number of hydrogen-bond acceptors (Lipinski definition) is 3. The van der Waals surface area contributed by atoms with Gasteiger partial charge in [-0.15, -0.1) is 0 Å². The van der Waals surface area contributed by atoms with Gasteiger partial charge in [0.2, 0.25) is 0 Å². The highest BCUT2D eigenvalue weighted by Crippen LogP contribution is 2.22. The number of amides is 2. The van der Waals surface area contributed by atoms with Gasteiger partial charge in [0.25, 0.3) is 0 Å². The molecule has 0 unspecified atom stereocenters. The number of urea groups is 1. The highest BCUT2D eigenvalue weighted by atomic mass is 16.5. The molecular weight excluding hydrogens is 256 g/mol. The summed E-state index contributed by atoms with van der Waals surface area (Å²) in [5.74, 6) is 1.39. The van der Waals surface area contributed by atoms with Crippen molar-refractivity contribution < 1.29 is 14.7 Å². The minimum absolute atomic E-state index is 0.0890. The van der Waals surface area contributed by atoms with Crippen LogP contribution >= 0.6 is 0 Å². The normalized spacial score (nSPS) is 9.90. The Hall–Kier alpha value is -2.53. The van der Waals surface area contributed by atoms with Crippen molar-refractivity contribution in [1.82, 2.24) is 10.4 Å². The van der Waals surface area contributed by atoms with Gasteiger partial charge in [-0.25, -0.2) is 9.86 Å². The van der Waals surface area contributed by atoms with E-state index in [1.807, 2.05) is 48.5 Å². The van der Waals surface area contributed by atoms with Gasteiger partial charge in [0.05, 0.1) is 6.54 Å². The third-order valence-corrected chi connectivity index (χ3v) is 2.66. The summed E-state index contributed by atoms with van der Waals surface area (Å²) in [5.41, 5.74) is 0.768. The Morgan fingerprint density at radius 2 is 1.85 bits per heavy atom. The molecule has 2 aromatic carbocycles. The maximum absolute atomic E-state index is 11.2. The molecule has 0 saturated heterocycles. The van der Waals surface area contributed by atoms with Gasteiger partial charge in [0, 0.05) is 7.05 Å². The molecule has 0 saturated carbocycles. The van der Waals surface area contributed by atoms with Crippen molar-refractivity contribution in [3.8, 4) is 11.5 Å². The third-order valence-electron chi connectivity index (χ3n) is 2.66. The van der Waals surface area contributed by atoms with E-state index in [0.717, 1.165) is 11.3 Å². The molecule has 2 N–H and O–H groups in total. The van der Waals surface area contributed by atoms with Crippen molar-refractivity contribution >= 4 is 6.03 Å². The maximum Gasteiger partial charge on any atom is 0.341 e. The zero-order valence-corrected chi connectivity index (χ0v) is 11.1. The Morgan fingerprint density at radius 3 is 2.55 bits per heavy atom. The number of hydrogen-bond donors (Lipinski definition) is 2. The number of nitrogens with zero attached hydrogens (tertiary/aromatic N) is 1. The van der Waals surface area contributed by atoms with Crippen LogP contribution in [0.2, 0.25) is 0 Å². The molecule has 2 aromatic rings. The van der Waals surface area contributed by atoms with Gasteiger partial charge >= 0.3 is 6.03 Å². The van der Waals surface area contributed by atoms with Crippen molar-refractivity contribution in [3.63, 3.8) is 0 Å². The van der Waals surface area contributed by atoms with Crippen LogP contribution in [-0.4, -0.2) is 23.3 Å². The lowest BCUT2D eigenvalue weighted by Gasteiger charge is -2.14. The summed E-state index contributed by atoms with van der Waals surface area (Å²) in [4.78, 5) is 11.2. The smallest absolute Gasteiger partial charge is 0.341 e. The minimum atomic E-state index is -0.556. The van der Waals surface area contributed by atoms with E-state index in [1.165, 1.54) is 7.05 Å². The highest BCUT2D eigenvalue weighted by Gasteiger charge is 2.09. The summed E-state index contributed by atoms with van der Waals surface area (Å²) < 4.78 is 5.69. The molecule has 0 radical (unpaired) electrons. The second kappa shape index (κ2) is 6.58. The van der Waals surface area contributed by atoms with E-state index in [4.69, 9.17) is 4.74 Å². The molecule has 2 rings (SSSR count). The van der Waals surface area contributed by atoms with E-state index >= 15 is 0 Å². The molecule has 0 atom stereocenters. The molecule has 0 fully saturated rings. The summed E-state index contributed by atoms with van der Waals surface area (Å²) in [6, 6.07) is 16.1. The van der Waals surface area contributed by atoms with Crippen LogP contribution in [0.3, 0.4) is 0 Å². The van der Waals surface area contributed by atoms with Gasteiger partial charge in [-0.2, -0.15) is 0 Å². The maximum atomic E-state index is 11.2. The van der Waals surface area contributed by atoms with Crippen LogP contribution < -0.4 is 10.1 Å². The van der Waals surface area contributed by atoms with Crippen LogP contribution in [0.4, 0.5) is 4.79 Å². The number of para-hydroxylation sites is 1. The summed E-state index contributed by atoms with van der Waals surface area (Å²) in [7, 11) is 1.46. The van der Waals surface area contributed by atoms with E-state index in [0.29, 0.717) is 10.8 Å². The van der Waals surface area contributed by atoms with Gasteiger partial charge in [-0.3, -0.25) is 5.21 Å². The number of hydroxylamine groups is 2. The lowest BCUT2D eigenvalue weighted by atomic mass is 10.2. The molecule has 0 aliphatic heterocycles. The molecular formula is C15H16N2O3. The van der Waals surface area contributed by atoms with E-state index in [9.17, 15) is 10.0 Å². The van der Waals surface area contributed by atoms with Crippen molar-refractivity contribution in [3.05, 3.63) is 60.2 Å². The van der Waals surface area contributed by atoms with Crippen molar-refractivity contribution in [2.75, 3.05) is 7.05 Å². The number of nitrogens with one attached hydrogen (secondary N) is 1. The largest absolute Gasteiger partial charge is 0.457 e. The molecule has 0 aliphatic carbocycles. The van der Waals surface area contributed by atoms with Crippen molar-refractivity contribution in [1.29, 1.82) is 0 Å². The van der Waals surface area contributed by atoms with Crippen LogP contribution in [0.25, 0.3) is 0 Å². The van der Waals surface area contributed by atoms with Gasteiger partial charge in [-0.1, -0.05) is 30.3 Å². The fraction of sp³-hybridized carbons (Fsp3) is 0.133. The predicted octanol–water partition coefficient (Wildman–Crippen LogP) is 3.01. The third kappa shape index (κ3) is 3.73. The Bertz CT molecular complexity index is 572. The molecule has 0 spiro atoms. The average molecular weight is 272 g/mol. The van der Waals surface area contributed by atoms with Gasteiger partial charge < -0.3 is 10.1 Å². The SMILES string of the molecule is CNC(=O)N(O)Cc1cccc(Oc2ccccc2)c1. The molecule has 20 heavy (non-hydrogen) atoms. The number of ether oxygens (including phenoxy) is 1. The molecule has 0 aromatic heterocycles. The predicted molar refractivity (Wildman–Crippen MR) is 74.7 cm³/mol. The fourth-order valence-corrected chi connectivity index (χ4v) is 1.71. The fourth-order valence-electron chi connectivity index (χ4n) is 1.71. The second-order valence-electron chi connectivity index (χ2n) is 4.18. The molecule has 5 nitrogen and oxygen atoms in total. The zero-order chi connectivity index (χ0) is 14.4. The number of carbonyl (C=O) groups is 1. The zero-order valence-electron chi connectivity index (χ0n) is 11.1. The quantitative estimate of drug-likeness (QED) is 0.664. The van der Waals surface area contributed by atoms with E-state index < -0.39 is 6.03 Å². The number of carbonyl (C=O) groups excluding carboxylic acids is 1. The number of benzene rings is 2. The first-order chi connectivity index (χ1) is 9.69. The monoisotopic (exact) mass is 272 g/mol. The topological polar surface area (TPSA) is 61.8 Å². The summed E-state index contributed by atoms with van der Waals surface area (Å²) in [6.07, 6.45) is 0. The Kier molecular flexibility index (Phi) is 4.57. The van der Waals surface area contributed by atoms with E-state index in [-0.39, 0.29) is 6.54 Å².